The number of alkyl halides is 3. The van der Waals surface area contributed by atoms with Crippen molar-refractivity contribution in [2.24, 2.45) is 17.4 Å². The van der Waals surface area contributed by atoms with Crippen LogP contribution < -0.4 is 16.8 Å². The Morgan fingerprint density at radius 3 is 1.88 bits per heavy atom. The van der Waals surface area contributed by atoms with Gasteiger partial charge in [-0.2, -0.15) is 13.2 Å². The summed E-state index contributed by atoms with van der Waals surface area (Å²) in [4.78, 5) is 22.3. The van der Waals surface area contributed by atoms with E-state index in [0.717, 1.165) is 0 Å². The third kappa shape index (κ3) is 3.58. The number of rotatable bonds is 4. The molecule has 0 aliphatic carbocycles. The number of halogens is 3. The van der Waals surface area contributed by atoms with Crippen LogP contribution in [-0.2, 0) is 9.59 Å². The topological polar surface area (TPSA) is 98.2 Å². The first-order valence-corrected chi connectivity index (χ1v) is 4.87. The Labute approximate surface area is 96.7 Å². The fraction of sp³-hybridized carbons (Fsp3) is 0.778. The lowest BCUT2D eigenvalue weighted by Crippen LogP contribution is -2.64. The molecule has 2 unspecified atom stereocenters. The van der Waals surface area contributed by atoms with E-state index < -0.39 is 35.5 Å². The number of nitrogens with two attached hydrogens (primary N) is 2. The molecule has 0 rings (SSSR count). The summed E-state index contributed by atoms with van der Waals surface area (Å²) in [5, 5.41) is 1.90. The molecule has 0 fully saturated rings. The summed E-state index contributed by atoms with van der Waals surface area (Å²) in [6, 6.07) is -1.19. The van der Waals surface area contributed by atoms with Crippen molar-refractivity contribution < 1.29 is 22.8 Å². The van der Waals surface area contributed by atoms with E-state index in [1.165, 1.54) is 13.8 Å². The zero-order chi connectivity index (χ0) is 14.0. The normalized spacial score (nSPS) is 17.4. The van der Waals surface area contributed by atoms with Crippen LogP contribution in [0.5, 0.6) is 0 Å². The van der Waals surface area contributed by atoms with Crippen LogP contribution in [0.25, 0.3) is 0 Å². The van der Waals surface area contributed by atoms with E-state index in [4.69, 9.17) is 11.5 Å². The molecule has 5 N–H and O–H groups in total. The number of nitrogens with one attached hydrogen (secondary N) is 1. The van der Waals surface area contributed by atoms with Gasteiger partial charge in [-0.1, -0.05) is 13.8 Å². The van der Waals surface area contributed by atoms with Crippen molar-refractivity contribution >= 4 is 11.8 Å². The zero-order valence-corrected chi connectivity index (χ0v) is 9.76. The van der Waals surface area contributed by atoms with Crippen molar-refractivity contribution in [3.05, 3.63) is 0 Å². The van der Waals surface area contributed by atoms with Crippen molar-refractivity contribution in [3.8, 4) is 0 Å². The van der Waals surface area contributed by atoms with Crippen LogP contribution in [-0.4, -0.2) is 29.6 Å². The Bertz CT molecular complexity index is 313. The SMILES string of the molecule is CC(C)C(NC(=O)C(C)(N)C(F)(F)F)C(N)=O. The van der Waals surface area contributed by atoms with Gasteiger partial charge in [-0.3, -0.25) is 9.59 Å². The molecule has 0 bridgehead atoms. The third-order valence-electron chi connectivity index (χ3n) is 2.32. The molecule has 0 spiro atoms. The molecular formula is C9H16F3N3O2. The molecule has 0 radical (unpaired) electrons. The van der Waals surface area contributed by atoms with Gasteiger partial charge in [0, 0.05) is 0 Å². The minimum atomic E-state index is -4.91. The highest BCUT2D eigenvalue weighted by molar-refractivity contribution is 5.91. The average Bonchev–Trinajstić information content (AvgIpc) is 2.10. The fourth-order valence-electron chi connectivity index (χ4n) is 0.986. The highest BCUT2D eigenvalue weighted by atomic mass is 19.4. The first kappa shape index (κ1) is 15.7. The monoisotopic (exact) mass is 255 g/mol. The molecule has 0 aliphatic heterocycles. The lowest BCUT2D eigenvalue weighted by molar-refractivity contribution is -0.188. The predicted molar refractivity (Wildman–Crippen MR) is 54.6 cm³/mol. The van der Waals surface area contributed by atoms with E-state index in [0.29, 0.717) is 6.92 Å². The molecular weight excluding hydrogens is 239 g/mol. The third-order valence-corrected chi connectivity index (χ3v) is 2.32. The molecule has 100 valence electrons. The predicted octanol–water partition coefficient (Wildman–Crippen LogP) is -0.108. The number of primary amides is 1. The molecule has 2 amide bonds. The van der Waals surface area contributed by atoms with Gasteiger partial charge in [-0.25, -0.2) is 0 Å². The fourth-order valence-corrected chi connectivity index (χ4v) is 0.986. The number of hydrogen-bond acceptors (Lipinski definition) is 3. The average molecular weight is 255 g/mol. The Balaban J connectivity index is 4.92. The van der Waals surface area contributed by atoms with Gasteiger partial charge in [-0.05, 0) is 12.8 Å². The summed E-state index contributed by atoms with van der Waals surface area (Å²) < 4.78 is 37.3. The van der Waals surface area contributed by atoms with Crippen LogP contribution in [0.2, 0.25) is 0 Å². The Morgan fingerprint density at radius 2 is 1.65 bits per heavy atom. The minimum absolute atomic E-state index is 0.430. The molecule has 0 saturated heterocycles. The second kappa shape index (κ2) is 4.91. The molecule has 2 atom stereocenters. The lowest BCUT2D eigenvalue weighted by Gasteiger charge is -2.29. The summed E-state index contributed by atoms with van der Waals surface area (Å²) in [7, 11) is 0. The van der Waals surface area contributed by atoms with Crippen molar-refractivity contribution in [3.63, 3.8) is 0 Å². The summed E-state index contributed by atoms with van der Waals surface area (Å²) in [6.07, 6.45) is -4.91. The Kier molecular flexibility index (Phi) is 4.53. The van der Waals surface area contributed by atoms with E-state index in [1.54, 1.807) is 0 Å². The first-order chi connectivity index (χ1) is 7.41. The number of carbonyl (C=O) groups is 2. The number of hydrogen-bond donors (Lipinski definition) is 3. The largest absolute Gasteiger partial charge is 0.415 e. The van der Waals surface area contributed by atoms with Gasteiger partial charge in [0.1, 0.15) is 6.04 Å². The van der Waals surface area contributed by atoms with Crippen LogP contribution in [0.15, 0.2) is 0 Å². The van der Waals surface area contributed by atoms with Crippen molar-refractivity contribution in [1.82, 2.24) is 5.32 Å². The molecule has 5 nitrogen and oxygen atoms in total. The van der Waals surface area contributed by atoms with E-state index in [2.05, 4.69) is 0 Å². The molecule has 8 heteroatoms. The van der Waals surface area contributed by atoms with Gasteiger partial charge in [0.05, 0.1) is 0 Å². The summed E-state index contributed by atoms with van der Waals surface area (Å²) in [5.41, 5.74) is 6.80. The van der Waals surface area contributed by atoms with Crippen molar-refractivity contribution in [1.29, 1.82) is 0 Å². The molecule has 0 heterocycles. The van der Waals surface area contributed by atoms with E-state index >= 15 is 0 Å². The Morgan fingerprint density at radius 1 is 1.24 bits per heavy atom. The number of carbonyl (C=O) groups excluding carboxylic acids is 2. The Hall–Kier alpha value is -1.31. The second-order valence-corrected chi connectivity index (χ2v) is 4.30. The summed E-state index contributed by atoms with van der Waals surface area (Å²) in [6.45, 7) is 3.61. The van der Waals surface area contributed by atoms with Gasteiger partial charge in [0.15, 0.2) is 5.54 Å². The van der Waals surface area contributed by atoms with E-state index in [-0.39, 0.29) is 0 Å². The second-order valence-electron chi connectivity index (χ2n) is 4.30. The van der Waals surface area contributed by atoms with E-state index in [9.17, 15) is 22.8 Å². The maximum absolute atomic E-state index is 12.4. The molecule has 0 aromatic heterocycles. The smallest absolute Gasteiger partial charge is 0.368 e. The van der Waals surface area contributed by atoms with Crippen molar-refractivity contribution in [2.45, 2.75) is 38.5 Å². The lowest BCUT2D eigenvalue weighted by atomic mass is 9.98. The van der Waals surface area contributed by atoms with Crippen LogP contribution in [0.1, 0.15) is 20.8 Å². The summed E-state index contributed by atoms with van der Waals surface area (Å²) in [5.74, 6) is -2.82. The van der Waals surface area contributed by atoms with Crippen molar-refractivity contribution in [2.75, 3.05) is 0 Å². The van der Waals surface area contributed by atoms with Gasteiger partial charge in [0.2, 0.25) is 11.8 Å². The molecule has 0 saturated carbocycles. The summed E-state index contributed by atoms with van der Waals surface area (Å²) >= 11 is 0. The maximum Gasteiger partial charge on any atom is 0.415 e. The molecule has 0 aliphatic rings. The van der Waals surface area contributed by atoms with Crippen LogP contribution in [0, 0.1) is 5.92 Å². The molecule has 17 heavy (non-hydrogen) atoms. The van der Waals surface area contributed by atoms with Crippen LogP contribution in [0.3, 0.4) is 0 Å². The van der Waals surface area contributed by atoms with Crippen LogP contribution in [0.4, 0.5) is 13.2 Å². The first-order valence-electron chi connectivity index (χ1n) is 4.87. The molecule has 0 aromatic rings. The van der Waals surface area contributed by atoms with Gasteiger partial charge >= 0.3 is 6.18 Å². The van der Waals surface area contributed by atoms with E-state index in [1.807, 2.05) is 5.32 Å². The van der Waals surface area contributed by atoms with Gasteiger partial charge < -0.3 is 16.8 Å². The number of amides is 2. The van der Waals surface area contributed by atoms with Gasteiger partial charge in [0.25, 0.3) is 0 Å². The zero-order valence-electron chi connectivity index (χ0n) is 9.76. The van der Waals surface area contributed by atoms with Gasteiger partial charge in [-0.15, -0.1) is 0 Å². The molecule has 0 aromatic carbocycles. The minimum Gasteiger partial charge on any atom is -0.368 e. The standard InChI is InChI=1S/C9H16F3N3O2/c1-4(2)5(6(13)16)15-7(17)8(3,14)9(10,11)12/h4-5H,14H2,1-3H3,(H2,13,16)(H,15,17). The quantitative estimate of drug-likeness (QED) is 0.653. The highest BCUT2D eigenvalue weighted by Gasteiger charge is 2.54. The maximum atomic E-state index is 12.4. The van der Waals surface area contributed by atoms with Crippen LogP contribution >= 0.6 is 0 Å². The highest BCUT2D eigenvalue weighted by Crippen LogP contribution is 2.28.